The minimum absolute atomic E-state index is 0.112. The maximum absolute atomic E-state index is 6.08. The summed E-state index contributed by atoms with van der Waals surface area (Å²) in [6.07, 6.45) is 5.22. The number of nitrogens with zero attached hydrogens (tertiary/aromatic N) is 2. The van der Waals surface area contributed by atoms with Gasteiger partial charge in [0.2, 0.25) is 6.79 Å². The zero-order valence-corrected chi connectivity index (χ0v) is 19.2. The van der Waals surface area contributed by atoms with Crippen molar-refractivity contribution in [3.05, 3.63) is 58.7 Å². The molecule has 0 saturated carbocycles. The summed E-state index contributed by atoms with van der Waals surface area (Å²) in [7, 11) is 1.64. The van der Waals surface area contributed by atoms with E-state index in [0.717, 1.165) is 59.9 Å². The molecule has 5 rings (SSSR count). The Morgan fingerprint density at radius 3 is 2.91 bits per heavy atom. The highest BCUT2D eigenvalue weighted by molar-refractivity contribution is 7.80. The maximum atomic E-state index is 6.08. The molecule has 3 N–H and O–H groups in total. The van der Waals surface area contributed by atoms with Crippen molar-refractivity contribution in [3.63, 3.8) is 0 Å². The fraction of sp³-hybridized carbons (Fsp3) is 0.333. The normalized spacial score (nSPS) is 18.3. The van der Waals surface area contributed by atoms with Crippen molar-refractivity contribution in [1.29, 1.82) is 0 Å². The van der Waals surface area contributed by atoms with Crippen LogP contribution in [-0.2, 0) is 19.4 Å². The summed E-state index contributed by atoms with van der Waals surface area (Å²) in [5.41, 5.74) is 14.0. The molecule has 3 aliphatic heterocycles. The molecule has 0 aliphatic carbocycles. The summed E-state index contributed by atoms with van der Waals surface area (Å²) in [5.74, 6) is 3.06. The van der Waals surface area contributed by atoms with Gasteiger partial charge in [-0.15, -0.1) is 0 Å². The lowest BCUT2D eigenvalue weighted by molar-refractivity contribution is 0.156. The van der Waals surface area contributed by atoms with Gasteiger partial charge in [0.25, 0.3) is 0 Å². The number of methoxy groups -OCH3 is 1. The largest absolute Gasteiger partial charge is 0.493 e. The molecule has 0 fully saturated rings. The third-order valence-electron chi connectivity index (χ3n) is 6.30. The van der Waals surface area contributed by atoms with Crippen LogP contribution < -0.4 is 30.1 Å². The molecule has 1 atom stereocenters. The van der Waals surface area contributed by atoms with Gasteiger partial charge < -0.3 is 24.7 Å². The van der Waals surface area contributed by atoms with E-state index in [0.29, 0.717) is 12.4 Å². The number of rotatable bonds is 6. The van der Waals surface area contributed by atoms with E-state index in [1.165, 1.54) is 11.1 Å². The van der Waals surface area contributed by atoms with E-state index in [-0.39, 0.29) is 17.9 Å². The van der Waals surface area contributed by atoms with Crippen LogP contribution in [0, 0.1) is 0 Å². The Morgan fingerprint density at radius 1 is 1.33 bits per heavy atom. The highest BCUT2D eigenvalue weighted by Gasteiger charge is 2.36. The topological polar surface area (TPSA) is 90.6 Å². The molecule has 2 aromatic rings. The molecular weight excluding hydrogens is 440 g/mol. The zero-order chi connectivity index (χ0) is 22.9. The van der Waals surface area contributed by atoms with E-state index < -0.39 is 0 Å². The number of thiocarbonyl (C=S) groups is 1. The number of benzene rings is 2. The lowest BCUT2D eigenvalue weighted by Crippen LogP contribution is -2.40. The number of hydrogen-bond acceptors (Lipinski definition) is 7. The van der Waals surface area contributed by atoms with Gasteiger partial charge in [-0.05, 0) is 59.9 Å². The van der Waals surface area contributed by atoms with Gasteiger partial charge in [-0.25, -0.2) is 0 Å². The first-order valence-corrected chi connectivity index (χ1v) is 11.2. The monoisotopic (exact) mass is 466 g/mol. The van der Waals surface area contributed by atoms with Crippen LogP contribution in [-0.4, -0.2) is 43.3 Å². The van der Waals surface area contributed by atoms with E-state index in [1.807, 2.05) is 6.07 Å². The van der Waals surface area contributed by atoms with E-state index in [1.54, 1.807) is 19.4 Å². The Morgan fingerprint density at radius 2 is 2.15 bits per heavy atom. The molecule has 172 valence electrons. The van der Waals surface area contributed by atoms with E-state index >= 15 is 0 Å². The summed E-state index contributed by atoms with van der Waals surface area (Å²) in [6, 6.07) is 6.43. The predicted octanol–water partition coefficient (Wildman–Crippen LogP) is 2.81. The highest BCUT2D eigenvalue weighted by atomic mass is 32.1. The van der Waals surface area contributed by atoms with Crippen LogP contribution in [0.4, 0.5) is 0 Å². The van der Waals surface area contributed by atoms with Gasteiger partial charge >= 0.3 is 0 Å². The van der Waals surface area contributed by atoms with Crippen molar-refractivity contribution < 1.29 is 18.9 Å². The second kappa shape index (κ2) is 8.92. The first kappa shape index (κ1) is 21.5. The van der Waals surface area contributed by atoms with Crippen molar-refractivity contribution >= 4 is 23.5 Å². The van der Waals surface area contributed by atoms with Crippen LogP contribution in [0.25, 0.3) is 0 Å². The van der Waals surface area contributed by atoms with E-state index in [4.69, 9.17) is 36.9 Å². The van der Waals surface area contributed by atoms with Gasteiger partial charge in [0.05, 0.1) is 13.3 Å². The third-order valence-corrected chi connectivity index (χ3v) is 6.39. The minimum atomic E-state index is 0.112. The molecule has 3 heterocycles. The third kappa shape index (κ3) is 3.98. The van der Waals surface area contributed by atoms with Crippen molar-refractivity contribution in [2.24, 2.45) is 10.8 Å². The Balaban J connectivity index is 1.59. The summed E-state index contributed by atoms with van der Waals surface area (Å²) in [6.45, 7) is 6.14. The van der Waals surface area contributed by atoms with Gasteiger partial charge in [0.1, 0.15) is 6.61 Å². The van der Waals surface area contributed by atoms with Crippen molar-refractivity contribution in [2.75, 3.05) is 27.1 Å². The van der Waals surface area contributed by atoms with Crippen LogP contribution in [0.5, 0.6) is 23.0 Å². The molecule has 0 amide bonds. The first-order valence-electron chi connectivity index (χ1n) is 10.8. The molecule has 9 heteroatoms. The average Bonchev–Trinajstić information content (AvgIpc) is 3.27. The number of hydrazone groups is 1. The highest BCUT2D eigenvalue weighted by Crippen LogP contribution is 2.47. The van der Waals surface area contributed by atoms with E-state index in [9.17, 15) is 0 Å². The molecular formula is C24H26N4O4S. The lowest BCUT2D eigenvalue weighted by Gasteiger charge is -2.42. The minimum Gasteiger partial charge on any atom is -0.493 e. The molecule has 0 bridgehead atoms. The SMILES string of the molecule is C=CCOc1c(OC)cc(/C=N/NC(N)=S)c2c1CN1CCc3cc4c(cc3C1C2)OCO4. The van der Waals surface area contributed by atoms with Gasteiger partial charge in [0.15, 0.2) is 28.1 Å². The zero-order valence-electron chi connectivity index (χ0n) is 18.4. The number of nitrogens with one attached hydrogen (secondary N) is 1. The molecule has 2 aromatic carbocycles. The Labute approximate surface area is 197 Å². The fourth-order valence-electron chi connectivity index (χ4n) is 4.86. The number of fused-ring (bicyclic) bond motifs is 5. The number of ether oxygens (including phenoxy) is 4. The van der Waals surface area contributed by atoms with Crippen molar-refractivity contribution in [2.45, 2.75) is 25.4 Å². The molecule has 0 aromatic heterocycles. The second-order valence-electron chi connectivity index (χ2n) is 8.13. The Hall–Kier alpha value is -3.30. The van der Waals surface area contributed by atoms with Crippen LogP contribution in [0.3, 0.4) is 0 Å². The molecule has 33 heavy (non-hydrogen) atoms. The molecule has 0 radical (unpaired) electrons. The molecule has 0 spiro atoms. The number of nitrogens with two attached hydrogens (primary N) is 1. The standard InChI is InChI=1S/C24H26N4O4S/c1-3-6-30-23-18-12-28-5-4-14-7-20-21(32-13-31-20)10-17(14)19(28)9-16(18)15(8-22(23)29-2)11-26-27-24(25)33/h3,7-8,10-11,19H,1,4-6,9,12-13H2,2H3,(H3,25,27,33)/b26-11+. The van der Waals surface area contributed by atoms with Crippen molar-refractivity contribution in [1.82, 2.24) is 10.3 Å². The van der Waals surface area contributed by atoms with Gasteiger partial charge in [-0.1, -0.05) is 12.7 Å². The molecule has 3 aliphatic rings. The molecule has 1 unspecified atom stereocenters. The molecule has 0 saturated heterocycles. The van der Waals surface area contributed by atoms with Crippen molar-refractivity contribution in [3.8, 4) is 23.0 Å². The van der Waals surface area contributed by atoms with Gasteiger partial charge in [-0.2, -0.15) is 5.10 Å². The van der Waals surface area contributed by atoms with Gasteiger partial charge in [0, 0.05) is 30.3 Å². The summed E-state index contributed by atoms with van der Waals surface area (Å²) in [4.78, 5) is 2.49. The number of hydrogen-bond donors (Lipinski definition) is 2. The average molecular weight is 467 g/mol. The van der Waals surface area contributed by atoms with Crippen LogP contribution >= 0.6 is 12.2 Å². The Kier molecular flexibility index (Phi) is 5.82. The molecule has 8 nitrogen and oxygen atoms in total. The summed E-state index contributed by atoms with van der Waals surface area (Å²) < 4.78 is 23.0. The summed E-state index contributed by atoms with van der Waals surface area (Å²) in [5, 5.41) is 4.32. The van der Waals surface area contributed by atoms with Gasteiger partial charge in [-0.3, -0.25) is 10.3 Å². The lowest BCUT2D eigenvalue weighted by atomic mass is 9.82. The quantitative estimate of drug-likeness (QED) is 0.291. The van der Waals surface area contributed by atoms with Crippen LogP contribution in [0.2, 0.25) is 0 Å². The second-order valence-corrected chi connectivity index (χ2v) is 8.57. The maximum Gasteiger partial charge on any atom is 0.231 e. The summed E-state index contributed by atoms with van der Waals surface area (Å²) >= 11 is 4.88. The first-order chi connectivity index (χ1) is 16.1. The van der Waals surface area contributed by atoms with E-state index in [2.05, 4.69) is 34.1 Å². The predicted molar refractivity (Wildman–Crippen MR) is 129 cm³/mol. The fourth-order valence-corrected chi connectivity index (χ4v) is 4.92. The van der Waals surface area contributed by atoms with Crippen LogP contribution in [0.15, 0.2) is 36.0 Å². The smallest absolute Gasteiger partial charge is 0.231 e. The Bertz CT molecular complexity index is 1150. The van der Waals surface area contributed by atoms with Crippen LogP contribution in [0.1, 0.15) is 33.9 Å².